The molecular weight excluding hydrogens is 1150 g/mol. The van der Waals surface area contributed by atoms with Gasteiger partial charge in [0.2, 0.25) is 0 Å². The van der Waals surface area contributed by atoms with Gasteiger partial charge in [-0.05, 0) is 49.4 Å². The molecule has 7 atom stereocenters. The summed E-state index contributed by atoms with van der Waals surface area (Å²) in [4.78, 5) is 72.4. The minimum absolute atomic E-state index is 0.104. The van der Waals surface area contributed by atoms with Gasteiger partial charge in [0.1, 0.15) is 19.3 Å². The van der Waals surface area contributed by atoms with Crippen LogP contribution in [0.4, 0.5) is 0 Å². The first-order valence-corrected chi connectivity index (χ1v) is 38.3. The van der Waals surface area contributed by atoms with Crippen molar-refractivity contribution in [1.29, 1.82) is 0 Å². The van der Waals surface area contributed by atoms with Gasteiger partial charge in [0.25, 0.3) is 0 Å². The minimum atomic E-state index is -4.95. The molecule has 516 valence electrons. The maximum atomic E-state index is 13.0. The Morgan fingerprint density at radius 2 is 0.552 bits per heavy atom. The average Bonchev–Trinajstić information content (AvgIpc) is 3.70. The highest BCUT2D eigenvalue weighted by atomic mass is 31.2. The lowest BCUT2D eigenvalue weighted by Crippen LogP contribution is -2.30. The molecule has 19 heteroatoms. The fraction of sp³-hybridized carbons (Fsp3) is 0.941. The number of rotatable bonds is 65. The van der Waals surface area contributed by atoms with Crippen molar-refractivity contribution in [2.45, 2.75) is 350 Å². The monoisotopic (exact) mass is 1280 g/mol. The standard InChI is InChI=1S/C68H132O17P2/c1-9-60(7)46-38-30-21-15-11-12-16-24-34-42-50-67(72)84-63(54-78-65(70)48-40-32-23-19-18-22-31-39-47-61(8)10-2)56-82-86(74,75)80-52-62(69)53-81-87(76,77)83-57-64(55-79-66(71)49-41-33-27-26-29-37-45-59(5)6)85-68(73)51-43-35-25-17-13-14-20-28-36-44-58(3)4/h58-64,69H,9-57H2,1-8H3,(H,74,75)(H,76,77)/t60?,61?,62-,63-,64-/m1/s1. The highest BCUT2D eigenvalue weighted by Gasteiger charge is 2.30. The molecule has 0 saturated heterocycles. The predicted molar refractivity (Wildman–Crippen MR) is 349 cm³/mol. The van der Waals surface area contributed by atoms with Crippen LogP contribution < -0.4 is 0 Å². The molecule has 0 rings (SSSR count). The maximum Gasteiger partial charge on any atom is 0.472 e. The van der Waals surface area contributed by atoms with Gasteiger partial charge >= 0.3 is 39.5 Å². The summed E-state index contributed by atoms with van der Waals surface area (Å²) in [6, 6.07) is 0. The van der Waals surface area contributed by atoms with Crippen LogP contribution >= 0.6 is 15.6 Å². The Kier molecular flexibility index (Phi) is 56.6. The normalized spacial score (nSPS) is 15.0. The summed E-state index contributed by atoms with van der Waals surface area (Å²) in [5.74, 6) is 0.862. The van der Waals surface area contributed by atoms with E-state index >= 15 is 0 Å². The number of aliphatic hydroxyl groups excluding tert-OH is 1. The van der Waals surface area contributed by atoms with E-state index in [4.69, 9.17) is 37.0 Å². The van der Waals surface area contributed by atoms with E-state index in [2.05, 4.69) is 55.4 Å². The molecule has 0 aliphatic heterocycles. The van der Waals surface area contributed by atoms with E-state index in [1.54, 1.807) is 0 Å². The van der Waals surface area contributed by atoms with Gasteiger partial charge < -0.3 is 33.8 Å². The molecule has 0 amide bonds. The Labute approximate surface area is 530 Å². The van der Waals surface area contributed by atoms with E-state index in [0.717, 1.165) is 114 Å². The third kappa shape index (κ3) is 60.1. The van der Waals surface area contributed by atoms with Gasteiger partial charge in [0.15, 0.2) is 12.2 Å². The third-order valence-corrected chi connectivity index (χ3v) is 18.2. The van der Waals surface area contributed by atoms with Gasteiger partial charge in [-0.25, -0.2) is 9.13 Å². The van der Waals surface area contributed by atoms with Crippen molar-refractivity contribution in [1.82, 2.24) is 0 Å². The van der Waals surface area contributed by atoms with Gasteiger partial charge in [-0.15, -0.1) is 0 Å². The van der Waals surface area contributed by atoms with Gasteiger partial charge in [-0.3, -0.25) is 37.3 Å². The van der Waals surface area contributed by atoms with Crippen molar-refractivity contribution in [2.24, 2.45) is 23.7 Å². The van der Waals surface area contributed by atoms with Crippen molar-refractivity contribution in [3.63, 3.8) is 0 Å². The van der Waals surface area contributed by atoms with Crippen LogP contribution in [0.2, 0.25) is 0 Å². The Morgan fingerprint density at radius 3 is 0.816 bits per heavy atom. The number of aliphatic hydroxyl groups is 1. The number of phosphoric ester groups is 2. The number of hydrogen-bond donors (Lipinski definition) is 3. The Balaban J connectivity index is 5.27. The smallest absolute Gasteiger partial charge is 0.462 e. The first kappa shape index (κ1) is 85.1. The Hall–Kier alpha value is -1.94. The highest BCUT2D eigenvalue weighted by Crippen LogP contribution is 2.45. The molecule has 0 fully saturated rings. The number of phosphoric acid groups is 2. The molecule has 0 aromatic heterocycles. The van der Waals surface area contributed by atoms with Crippen molar-refractivity contribution in [3.05, 3.63) is 0 Å². The van der Waals surface area contributed by atoms with Crippen molar-refractivity contribution in [2.75, 3.05) is 39.6 Å². The largest absolute Gasteiger partial charge is 0.472 e. The second-order valence-electron chi connectivity index (χ2n) is 26.0. The molecule has 0 spiro atoms. The lowest BCUT2D eigenvalue weighted by molar-refractivity contribution is -0.161. The van der Waals surface area contributed by atoms with E-state index in [1.807, 2.05) is 0 Å². The summed E-state index contributed by atoms with van der Waals surface area (Å²) in [6.45, 7) is 14.1. The number of unbranched alkanes of at least 4 members (excludes halogenated alkanes) is 29. The molecule has 0 radical (unpaired) electrons. The zero-order chi connectivity index (χ0) is 64.7. The summed E-state index contributed by atoms with van der Waals surface area (Å²) < 4.78 is 68.2. The average molecular weight is 1280 g/mol. The van der Waals surface area contributed by atoms with E-state index in [9.17, 15) is 43.2 Å². The molecule has 17 nitrogen and oxygen atoms in total. The fourth-order valence-corrected chi connectivity index (χ4v) is 11.7. The van der Waals surface area contributed by atoms with Gasteiger partial charge in [-0.2, -0.15) is 0 Å². The van der Waals surface area contributed by atoms with E-state index in [1.165, 1.54) is 128 Å². The summed E-state index contributed by atoms with van der Waals surface area (Å²) >= 11 is 0. The molecule has 0 aromatic carbocycles. The molecule has 0 heterocycles. The van der Waals surface area contributed by atoms with Crippen LogP contribution in [0.5, 0.6) is 0 Å². The topological polar surface area (TPSA) is 237 Å². The number of carbonyl (C=O) groups is 4. The van der Waals surface area contributed by atoms with Crippen LogP contribution in [-0.2, 0) is 65.4 Å². The lowest BCUT2D eigenvalue weighted by atomic mass is 9.99. The number of esters is 4. The van der Waals surface area contributed by atoms with Crippen molar-refractivity contribution in [3.8, 4) is 0 Å². The van der Waals surface area contributed by atoms with Crippen LogP contribution in [0.3, 0.4) is 0 Å². The number of ether oxygens (including phenoxy) is 4. The van der Waals surface area contributed by atoms with Crippen molar-refractivity contribution < 1.29 is 80.2 Å². The van der Waals surface area contributed by atoms with Gasteiger partial charge in [0, 0.05) is 25.7 Å². The molecular formula is C68H132O17P2. The van der Waals surface area contributed by atoms with Gasteiger partial charge in [-0.1, -0.05) is 280 Å². The first-order valence-electron chi connectivity index (χ1n) is 35.3. The van der Waals surface area contributed by atoms with Crippen LogP contribution in [0.15, 0.2) is 0 Å². The minimum Gasteiger partial charge on any atom is -0.462 e. The fourth-order valence-electron chi connectivity index (χ4n) is 10.1. The molecule has 87 heavy (non-hydrogen) atoms. The molecule has 0 saturated carbocycles. The van der Waals surface area contributed by atoms with E-state index in [0.29, 0.717) is 31.6 Å². The second-order valence-corrected chi connectivity index (χ2v) is 28.9. The summed E-state index contributed by atoms with van der Waals surface area (Å²) in [5, 5.41) is 10.6. The zero-order valence-corrected chi connectivity index (χ0v) is 58.4. The van der Waals surface area contributed by atoms with Crippen LogP contribution in [0.25, 0.3) is 0 Å². The molecule has 0 bridgehead atoms. The zero-order valence-electron chi connectivity index (χ0n) is 56.6. The first-order chi connectivity index (χ1) is 41.7. The predicted octanol–water partition coefficient (Wildman–Crippen LogP) is 18.9. The molecule has 0 aliphatic rings. The third-order valence-electron chi connectivity index (χ3n) is 16.3. The Bertz CT molecular complexity index is 1730. The molecule has 3 N–H and O–H groups in total. The summed E-state index contributed by atoms with van der Waals surface area (Å²) in [5.41, 5.74) is 0. The Morgan fingerprint density at radius 1 is 0.322 bits per heavy atom. The quantitative estimate of drug-likeness (QED) is 0.0222. The molecule has 0 aliphatic carbocycles. The summed E-state index contributed by atoms with van der Waals surface area (Å²) in [7, 11) is -9.90. The van der Waals surface area contributed by atoms with Gasteiger partial charge in [0.05, 0.1) is 26.4 Å². The molecule has 4 unspecified atom stereocenters. The van der Waals surface area contributed by atoms with E-state index in [-0.39, 0.29) is 25.7 Å². The van der Waals surface area contributed by atoms with E-state index < -0.39 is 97.5 Å². The SMILES string of the molecule is CCC(C)CCCCCCCCCCCCC(=O)O[C@H](COC(=O)CCCCCCCCCCC(C)CC)COP(=O)(O)OC[C@@H](O)COP(=O)(O)OC[C@@H](COC(=O)CCCCCCCCC(C)C)OC(=O)CCCCCCCCCCCC(C)C. The summed E-state index contributed by atoms with van der Waals surface area (Å²) in [6.07, 6.45) is 38.9. The van der Waals surface area contributed by atoms with Crippen molar-refractivity contribution >= 4 is 39.5 Å². The van der Waals surface area contributed by atoms with Crippen LogP contribution in [0.1, 0.15) is 331 Å². The number of carbonyl (C=O) groups excluding carboxylic acids is 4. The lowest BCUT2D eigenvalue weighted by Gasteiger charge is -2.21. The molecule has 0 aromatic rings. The number of hydrogen-bond acceptors (Lipinski definition) is 15. The second kappa shape index (κ2) is 57.9. The van der Waals surface area contributed by atoms with Crippen LogP contribution in [0, 0.1) is 23.7 Å². The van der Waals surface area contributed by atoms with Crippen LogP contribution in [-0.4, -0.2) is 96.7 Å². The highest BCUT2D eigenvalue weighted by molar-refractivity contribution is 7.47. The maximum absolute atomic E-state index is 13.0.